The molecule has 0 aliphatic rings. The third-order valence-electron chi connectivity index (χ3n) is 2.93. The molecular formula is C14H19N5OS. The Morgan fingerprint density at radius 3 is 2.90 bits per heavy atom. The van der Waals surface area contributed by atoms with E-state index < -0.39 is 0 Å². The number of thiophene rings is 1. The molecule has 2 rings (SSSR count). The van der Waals surface area contributed by atoms with Gasteiger partial charge in [0.15, 0.2) is 5.69 Å². The molecular weight excluding hydrogens is 286 g/mol. The number of hydrazine groups is 1. The molecule has 0 aromatic carbocycles. The van der Waals surface area contributed by atoms with Gasteiger partial charge in [-0.15, -0.1) is 11.3 Å². The summed E-state index contributed by atoms with van der Waals surface area (Å²) in [5.41, 5.74) is 3.17. The van der Waals surface area contributed by atoms with Gasteiger partial charge >= 0.3 is 0 Å². The Bertz CT molecular complexity index is 597. The van der Waals surface area contributed by atoms with Crippen LogP contribution < -0.4 is 16.6 Å². The monoisotopic (exact) mass is 305 g/mol. The second-order valence-electron chi connectivity index (χ2n) is 4.87. The van der Waals surface area contributed by atoms with E-state index in [1.54, 1.807) is 11.3 Å². The van der Waals surface area contributed by atoms with E-state index in [0.29, 0.717) is 18.1 Å². The van der Waals surface area contributed by atoms with Crippen molar-refractivity contribution in [3.63, 3.8) is 0 Å². The lowest BCUT2D eigenvalue weighted by atomic mass is 10.2. The predicted molar refractivity (Wildman–Crippen MR) is 84.3 cm³/mol. The van der Waals surface area contributed by atoms with Crippen molar-refractivity contribution in [3.8, 4) is 0 Å². The number of anilines is 1. The van der Waals surface area contributed by atoms with Crippen LogP contribution in [0.25, 0.3) is 0 Å². The molecule has 0 spiro atoms. The molecule has 112 valence electrons. The molecule has 2 aromatic rings. The normalized spacial score (nSPS) is 10.7. The van der Waals surface area contributed by atoms with Crippen LogP contribution >= 0.6 is 11.3 Å². The quantitative estimate of drug-likeness (QED) is 0.560. The van der Waals surface area contributed by atoms with E-state index in [9.17, 15) is 4.79 Å². The van der Waals surface area contributed by atoms with E-state index in [1.165, 1.54) is 11.1 Å². The maximum Gasteiger partial charge on any atom is 0.272 e. The van der Waals surface area contributed by atoms with Crippen LogP contribution in [0.5, 0.6) is 0 Å². The number of rotatable bonds is 6. The number of nitrogens with zero attached hydrogens (tertiary/aromatic N) is 2. The van der Waals surface area contributed by atoms with Gasteiger partial charge in [0.25, 0.3) is 5.91 Å². The van der Waals surface area contributed by atoms with Crippen LogP contribution in [0.1, 0.15) is 41.0 Å². The van der Waals surface area contributed by atoms with Crippen LogP contribution in [0.4, 0.5) is 5.69 Å². The number of carbonyl (C=O) groups excluding carboxylic acids is 1. The Hall–Kier alpha value is -1.99. The molecule has 1 amide bonds. The zero-order valence-electron chi connectivity index (χ0n) is 12.1. The minimum Gasteiger partial charge on any atom is -0.350 e. The SMILES string of the molecule is CC(C)c1ncc(NN)c(C(=O)NCCc2cccs2)n1. The number of aromatic nitrogens is 2. The standard InChI is InChI=1S/C14H19N5OS/c1-9(2)13-17-8-11(19-15)12(18-13)14(20)16-6-5-10-4-3-7-21-10/h3-4,7-9,19H,5-6,15H2,1-2H3,(H,16,20). The van der Waals surface area contributed by atoms with E-state index in [-0.39, 0.29) is 17.5 Å². The summed E-state index contributed by atoms with van der Waals surface area (Å²) in [6.45, 7) is 4.51. The summed E-state index contributed by atoms with van der Waals surface area (Å²) in [7, 11) is 0. The maximum atomic E-state index is 12.2. The van der Waals surface area contributed by atoms with Gasteiger partial charge in [-0.2, -0.15) is 0 Å². The number of hydrogen-bond acceptors (Lipinski definition) is 6. The van der Waals surface area contributed by atoms with Crippen molar-refractivity contribution >= 4 is 22.9 Å². The molecule has 0 saturated carbocycles. The van der Waals surface area contributed by atoms with Gasteiger partial charge in [-0.05, 0) is 17.9 Å². The number of nitrogens with two attached hydrogens (primary N) is 1. The molecule has 2 heterocycles. The first-order chi connectivity index (χ1) is 10.1. The maximum absolute atomic E-state index is 12.2. The minimum atomic E-state index is -0.246. The Kier molecular flexibility index (Phi) is 5.24. The molecule has 7 heteroatoms. The lowest BCUT2D eigenvalue weighted by Crippen LogP contribution is -2.28. The van der Waals surface area contributed by atoms with E-state index in [1.807, 2.05) is 31.4 Å². The molecule has 0 aliphatic carbocycles. The van der Waals surface area contributed by atoms with Gasteiger partial charge in [-0.25, -0.2) is 9.97 Å². The summed E-state index contributed by atoms with van der Waals surface area (Å²) >= 11 is 1.68. The highest BCUT2D eigenvalue weighted by Gasteiger charge is 2.15. The van der Waals surface area contributed by atoms with Crippen molar-refractivity contribution in [2.45, 2.75) is 26.2 Å². The first kappa shape index (κ1) is 15.4. The summed E-state index contributed by atoms with van der Waals surface area (Å²) < 4.78 is 0. The minimum absolute atomic E-state index is 0.148. The molecule has 4 N–H and O–H groups in total. The molecule has 0 bridgehead atoms. The number of carbonyl (C=O) groups is 1. The largest absolute Gasteiger partial charge is 0.350 e. The number of nitrogens with one attached hydrogen (secondary N) is 2. The summed E-state index contributed by atoms with van der Waals surface area (Å²) in [5.74, 6) is 5.94. The lowest BCUT2D eigenvalue weighted by Gasteiger charge is -2.11. The fourth-order valence-corrected chi connectivity index (χ4v) is 2.50. The lowest BCUT2D eigenvalue weighted by molar-refractivity contribution is 0.0949. The van der Waals surface area contributed by atoms with Crippen molar-refractivity contribution in [3.05, 3.63) is 40.1 Å². The molecule has 0 unspecified atom stereocenters. The smallest absolute Gasteiger partial charge is 0.272 e. The molecule has 21 heavy (non-hydrogen) atoms. The second-order valence-corrected chi connectivity index (χ2v) is 5.91. The molecule has 6 nitrogen and oxygen atoms in total. The van der Waals surface area contributed by atoms with Gasteiger partial charge in [-0.3, -0.25) is 10.6 Å². The average Bonchev–Trinajstić information content (AvgIpc) is 2.99. The van der Waals surface area contributed by atoms with Gasteiger partial charge in [0.2, 0.25) is 0 Å². The van der Waals surface area contributed by atoms with Gasteiger partial charge in [0.1, 0.15) is 5.82 Å². The van der Waals surface area contributed by atoms with Gasteiger partial charge < -0.3 is 10.7 Å². The van der Waals surface area contributed by atoms with E-state index >= 15 is 0 Å². The van der Waals surface area contributed by atoms with Gasteiger partial charge in [0, 0.05) is 17.3 Å². The Labute approximate surface area is 127 Å². The fourth-order valence-electron chi connectivity index (χ4n) is 1.79. The van der Waals surface area contributed by atoms with Crippen molar-refractivity contribution in [2.75, 3.05) is 12.0 Å². The van der Waals surface area contributed by atoms with Crippen molar-refractivity contribution < 1.29 is 4.79 Å². The summed E-state index contributed by atoms with van der Waals surface area (Å²) in [6, 6.07) is 4.04. The third kappa shape index (κ3) is 3.99. The predicted octanol–water partition coefficient (Wildman–Crippen LogP) is 1.92. The summed E-state index contributed by atoms with van der Waals surface area (Å²) in [4.78, 5) is 21.9. The highest BCUT2D eigenvalue weighted by Crippen LogP contribution is 2.15. The molecule has 0 fully saturated rings. The fraction of sp³-hybridized carbons (Fsp3) is 0.357. The summed E-state index contributed by atoms with van der Waals surface area (Å²) in [6.07, 6.45) is 2.34. The van der Waals surface area contributed by atoms with E-state index in [4.69, 9.17) is 5.84 Å². The van der Waals surface area contributed by atoms with Crippen LogP contribution in [0.3, 0.4) is 0 Å². The Balaban J connectivity index is 2.04. The van der Waals surface area contributed by atoms with Crippen LogP contribution in [0, 0.1) is 0 Å². The zero-order chi connectivity index (χ0) is 15.2. The molecule has 0 aliphatic heterocycles. The van der Waals surface area contributed by atoms with E-state index in [0.717, 1.165) is 6.42 Å². The molecule has 0 saturated heterocycles. The molecule has 2 aromatic heterocycles. The highest BCUT2D eigenvalue weighted by molar-refractivity contribution is 7.09. The molecule has 0 atom stereocenters. The molecule has 0 radical (unpaired) electrons. The Morgan fingerprint density at radius 2 is 2.29 bits per heavy atom. The van der Waals surface area contributed by atoms with Gasteiger partial charge in [-0.1, -0.05) is 19.9 Å². The first-order valence-corrected chi connectivity index (χ1v) is 7.64. The van der Waals surface area contributed by atoms with Crippen molar-refractivity contribution in [1.29, 1.82) is 0 Å². The number of nitrogen functional groups attached to an aromatic ring is 1. The van der Waals surface area contributed by atoms with Gasteiger partial charge in [0.05, 0.1) is 11.9 Å². The van der Waals surface area contributed by atoms with Crippen molar-refractivity contribution in [2.24, 2.45) is 5.84 Å². The van der Waals surface area contributed by atoms with Crippen LogP contribution in [0.15, 0.2) is 23.7 Å². The third-order valence-corrected chi connectivity index (χ3v) is 3.87. The Morgan fingerprint density at radius 1 is 1.48 bits per heavy atom. The zero-order valence-corrected chi connectivity index (χ0v) is 12.9. The highest BCUT2D eigenvalue weighted by atomic mass is 32.1. The van der Waals surface area contributed by atoms with Crippen LogP contribution in [0.2, 0.25) is 0 Å². The van der Waals surface area contributed by atoms with Crippen LogP contribution in [-0.2, 0) is 6.42 Å². The number of amides is 1. The van der Waals surface area contributed by atoms with E-state index in [2.05, 4.69) is 20.7 Å². The van der Waals surface area contributed by atoms with Crippen LogP contribution in [-0.4, -0.2) is 22.4 Å². The first-order valence-electron chi connectivity index (χ1n) is 6.76. The second kappa shape index (κ2) is 7.14. The topological polar surface area (TPSA) is 92.9 Å². The number of hydrogen-bond donors (Lipinski definition) is 3. The summed E-state index contributed by atoms with van der Waals surface area (Å²) in [5, 5.41) is 4.88. The van der Waals surface area contributed by atoms with Crippen molar-refractivity contribution in [1.82, 2.24) is 15.3 Å². The average molecular weight is 305 g/mol.